The maximum Gasteiger partial charge on any atom is 0.411 e. The molecule has 0 bridgehead atoms. The lowest BCUT2D eigenvalue weighted by atomic mass is 9.96. The first kappa shape index (κ1) is 35.2. The van der Waals surface area contributed by atoms with E-state index < -0.39 is 23.7 Å². The number of nitrogens with zero attached hydrogens (tertiary/aromatic N) is 2. The predicted molar refractivity (Wildman–Crippen MR) is 195 cm³/mol. The molecule has 0 aliphatic heterocycles. The highest BCUT2D eigenvalue weighted by Gasteiger charge is 2.36. The van der Waals surface area contributed by atoms with E-state index in [4.69, 9.17) is 15.2 Å². The van der Waals surface area contributed by atoms with Gasteiger partial charge in [0.15, 0.2) is 0 Å². The number of pyridine rings is 1. The Bertz CT molecular complexity index is 1870. The third-order valence-electron chi connectivity index (χ3n) is 8.99. The van der Waals surface area contributed by atoms with Gasteiger partial charge in [0.2, 0.25) is 0 Å². The SMILES string of the molecule is C=C(c1ccc(C)c(C)c1)c1ccc(=O)n(-c2ccc(CN(C(=O)OC(C)(C)C)C(Cc3ccccc3)C(=O)OC3CCCC3)cc2)c1N. The number of rotatable bonds is 10. The molecule has 1 heterocycles. The minimum absolute atomic E-state index is 0.0838. The van der Waals surface area contributed by atoms with Crippen molar-refractivity contribution in [2.24, 2.45) is 0 Å². The smallest absolute Gasteiger partial charge is 0.411 e. The molecule has 0 saturated heterocycles. The molecule has 4 aromatic rings. The van der Waals surface area contributed by atoms with E-state index in [2.05, 4.69) is 19.6 Å². The molecule has 8 nitrogen and oxygen atoms in total. The number of esters is 1. The van der Waals surface area contributed by atoms with Gasteiger partial charge in [-0.1, -0.05) is 67.2 Å². The molecule has 1 aliphatic carbocycles. The standard InChI is InChI=1S/C41H47N3O5/c1-27-16-19-32(24-28(27)2)29(3)35-22-23-37(45)44(38(35)42)33-20-17-31(18-21-33)26-43(40(47)49-41(4,5)6)36(25-30-12-8-7-9-13-30)39(46)48-34-14-10-11-15-34/h7-9,12-13,16-24,34,36H,3,10-11,14-15,25-26,42H2,1-2,4-6H3. The van der Waals surface area contributed by atoms with Crippen molar-refractivity contribution in [1.29, 1.82) is 0 Å². The Morgan fingerprint density at radius 3 is 2.22 bits per heavy atom. The molecule has 1 amide bonds. The van der Waals surface area contributed by atoms with Crippen LogP contribution < -0.4 is 11.3 Å². The lowest BCUT2D eigenvalue weighted by molar-refractivity contribution is -0.155. The molecule has 2 N–H and O–H groups in total. The summed E-state index contributed by atoms with van der Waals surface area (Å²) in [6.07, 6.45) is 3.17. The fourth-order valence-electron chi connectivity index (χ4n) is 6.14. The van der Waals surface area contributed by atoms with Gasteiger partial charge in [0, 0.05) is 24.6 Å². The van der Waals surface area contributed by atoms with Gasteiger partial charge < -0.3 is 15.2 Å². The molecule has 1 saturated carbocycles. The molecule has 0 spiro atoms. The van der Waals surface area contributed by atoms with Crippen molar-refractivity contribution in [2.45, 2.75) is 91.0 Å². The van der Waals surface area contributed by atoms with Crippen LogP contribution in [0.3, 0.4) is 0 Å². The Balaban J connectivity index is 1.46. The predicted octanol–water partition coefficient (Wildman–Crippen LogP) is 7.93. The highest BCUT2D eigenvalue weighted by atomic mass is 16.6. The molecule has 256 valence electrons. The van der Waals surface area contributed by atoms with Crippen LogP contribution in [-0.2, 0) is 27.2 Å². The molecule has 1 fully saturated rings. The van der Waals surface area contributed by atoms with Gasteiger partial charge in [-0.15, -0.1) is 0 Å². The topological polar surface area (TPSA) is 104 Å². The number of hydrogen-bond donors (Lipinski definition) is 1. The van der Waals surface area contributed by atoms with E-state index in [1.54, 1.807) is 39.0 Å². The summed E-state index contributed by atoms with van der Waals surface area (Å²) < 4.78 is 13.3. The van der Waals surface area contributed by atoms with Gasteiger partial charge in [0.05, 0.1) is 5.69 Å². The summed E-state index contributed by atoms with van der Waals surface area (Å²) in [6.45, 7) is 13.9. The Morgan fingerprint density at radius 1 is 0.918 bits per heavy atom. The van der Waals surface area contributed by atoms with Gasteiger partial charge in [0.25, 0.3) is 5.56 Å². The van der Waals surface area contributed by atoms with Crippen molar-refractivity contribution in [3.63, 3.8) is 0 Å². The van der Waals surface area contributed by atoms with Gasteiger partial charge in [0.1, 0.15) is 23.6 Å². The zero-order valence-corrected chi connectivity index (χ0v) is 29.2. The number of benzene rings is 3. The number of nitrogen functional groups attached to an aromatic ring is 1. The van der Waals surface area contributed by atoms with E-state index in [9.17, 15) is 14.4 Å². The minimum atomic E-state index is -0.913. The molecule has 49 heavy (non-hydrogen) atoms. The number of hydrogen-bond acceptors (Lipinski definition) is 6. The highest BCUT2D eigenvalue weighted by molar-refractivity contribution is 5.84. The van der Waals surface area contributed by atoms with Crippen molar-refractivity contribution in [1.82, 2.24) is 9.47 Å². The van der Waals surface area contributed by atoms with Gasteiger partial charge in [-0.05, 0) is 112 Å². The molecular weight excluding hydrogens is 614 g/mol. The Kier molecular flexibility index (Phi) is 10.8. The van der Waals surface area contributed by atoms with E-state index in [-0.39, 0.29) is 30.4 Å². The number of aryl methyl sites for hydroxylation is 2. The van der Waals surface area contributed by atoms with Crippen LogP contribution in [0.15, 0.2) is 96.3 Å². The number of aromatic nitrogens is 1. The Hall–Kier alpha value is -5.11. The third-order valence-corrected chi connectivity index (χ3v) is 8.99. The van der Waals surface area contributed by atoms with Crippen LogP contribution in [0.5, 0.6) is 0 Å². The molecule has 5 rings (SSSR count). The molecule has 0 radical (unpaired) electrons. The summed E-state index contributed by atoms with van der Waals surface area (Å²) in [4.78, 5) is 42.2. The van der Waals surface area contributed by atoms with Crippen LogP contribution in [0.1, 0.15) is 79.8 Å². The van der Waals surface area contributed by atoms with Gasteiger partial charge >= 0.3 is 12.1 Å². The van der Waals surface area contributed by atoms with Gasteiger partial charge in [-0.25, -0.2) is 9.59 Å². The second-order valence-electron chi connectivity index (χ2n) is 13.9. The number of ether oxygens (including phenoxy) is 2. The summed E-state index contributed by atoms with van der Waals surface area (Å²) in [7, 11) is 0. The minimum Gasteiger partial charge on any atom is -0.461 e. The van der Waals surface area contributed by atoms with Crippen molar-refractivity contribution in [3.8, 4) is 5.69 Å². The molecule has 1 unspecified atom stereocenters. The maximum absolute atomic E-state index is 13.8. The number of carbonyl (C=O) groups is 2. The highest BCUT2D eigenvalue weighted by Crippen LogP contribution is 2.29. The summed E-state index contributed by atoms with van der Waals surface area (Å²) in [5, 5.41) is 0. The van der Waals surface area contributed by atoms with Crippen molar-refractivity contribution in [2.75, 3.05) is 5.73 Å². The van der Waals surface area contributed by atoms with Crippen LogP contribution in [-0.4, -0.2) is 39.3 Å². The van der Waals surface area contributed by atoms with Gasteiger partial charge in [-0.3, -0.25) is 14.3 Å². The Labute approximate surface area is 289 Å². The molecule has 3 aromatic carbocycles. The normalized spacial score (nSPS) is 13.9. The Morgan fingerprint density at radius 2 is 1.59 bits per heavy atom. The van der Waals surface area contributed by atoms with Crippen LogP contribution in [0.4, 0.5) is 10.6 Å². The van der Waals surface area contributed by atoms with E-state index in [0.29, 0.717) is 16.8 Å². The molecule has 1 aromatic heterocycles. The second-order valence-corrected chi connectivity index (χ2v) is 13.9. The number of amides is 1. The summed E-state index contributed by atoms with van der Waals surface area (Å²) in [5.41, 5.74) is 12.4. The first-order chi connectivity index (χ1) is 23.3. The van der Waals surface area contributed by atoms with E-state index in [1.165, 1.54) is 21.1 Å². The summed E-state index contributed by atoms with van der Waals surface area (Å²) in [5.74, 6) is -0.171. The average Bonchev–Trinajstić information content (AvgIpc) is 3.57. The quantitative estimate of drug-likeness (QED) is 0.173. The van der Waals surface area contributed by atoms with Crippen molar-refractivity contribution >= 4 is 23.5 Å². The monoisotopic (exact) mass is 661 g/mol. The number of carbonyl (C=O) groups excluding carboxylic acids is 2. The first-order valence-corrected chi connectivity index (χ1v) is 16.9. The van der Waals surface area contributed by atoms with Crippen LogP contribution in [0.2, 0.25) is 0 Å². The van der Waals surface area contributed by atoms with E-state index >= 15 is 0 Å². The fourth-order valence-corrected chi connectivity index (χ4v) is 6.14. The third kappa shape index (κ3) is 8.68. The lowest BCUT2D eigenvalue weighted by Crippen LogP contribution is -2.49. The van der Waals surface area contributed by atoms with Crippen LogP contribution in [0, 0.1) is 13.8 Å². The van der Waals surface area contributed by atoms with Crippen LogP contribution in [0.25, 0.3) is 11.3 Å². The first-order valence-electron chi connectivity index (χ1n) is 16.9. The lowest BCUT2D eigenvalue weighted by Gasteiger charge is -2.33. The summed E-state index contributed by atoms with van der Waals surface area (Å²) in [6, 6.07) is 25.2. The zero-order chi connectivity index (χ0) is 35.3. The average molecular weight is 662 g/mol. The second kappa shape index (κ2) is 15.0. The maximum atomic E-state index is 13.8. The van der Waals surface area contributed by atoms with E-state index in [0.717, 1.165) is 47.9 Å². The molecule has 1 aliphatic rings. The summed E-state index contributed by atoms with van der Waals surface area (Å²) >= 11 is 0. The molecular formula is C41H47N3O5. The van der Waals surface area contributed by atoms with Crippen molar-refractivity contribution < 1.29 is 19.1 Å². The van der Waals surface area contributed by atoms with E-state index in [1.807, 2.05) is 61.5 Å². The number of anilines is 1. The molecule has 1 atom stereocenters. The van der Waals surface area contributed by atoms with Gasteiger partial charge in [-0.2, -0.15) is 0 Å². The van der Waals surface area contributed by atoms with Crippen LogP contribution >= 0.6 is 0 Å². The number of nitrogens with two attached hydrogens (primary N) is 1. The molecule has 8 heteroatoms. The van der Waals surface area contributed by atoms with Crippen molar-refractivity contribution in [3.05, 3.63) is 135 Å². The fraction of sp³-hybridized carbons (Fsp3) is 0.341. The zero-order valence-electron chi connectivity index (χ0n) is 29.2. The largest absolute Gasteiger partial charge is 0.461 e.